The summed E-state index contributed by atoms with van der Waals surface area (Å²) >= 11 is 0. The third-order valence-electron chi connectivity index (χ3n) is 5.78. The van der Waals surface area contributed by atoms with Gasteiger partial charge >= 0.3 is 0 Å². The molecule has 0 spiro atoms. The highest BCUT2D eigenvalue weighted by molar-refractivity contribution is 7.92. The molecule has 7 nitrogen and oxygen atoms in total. The van der Waals surface area contributed by atoms with Gasteiger partial charge in [0.2, 0.25) is 0 Å². The number of carbonyl (C=O) groups excluding carboxylic acids is 1. The molecule has 0 bridgehead atoms. The zero-order chi connectivity index (χ0) is 22.4. The number of methoxy groups -OCH3 is 2. The maximum absolute atomic E-state index is 13.0. The van der Waals surface area contributed by atoms with Crippen molar-refractivity contribution < 1.29 is 22.7 Å². The molecular formula is C23H30N2O5S. The first kappa shape index (κ1) is 22.9. The van der Waals surface area contributed by atoms with Crippen LogP contribution in [0, 0.1) is 5.92 Å². The van der Waals surface area contributed by atoms with Crippen LogP contribution in [-0.4, -0.2) is 42.1 Å². The number of carbonyl (C=O) groups is 1. The molecule has 2 aromatic carbocycles. The first-order valence-corrected chi connectivity index (χ1v) is 11.9. The topological polar surface area (TPSA) is 84.9 Å². The number of rotatable bonds is 8. The van der Waals surface area contributed by atoms with Gasteiger partial charge in [-0.05, 0) is 55.2 Å². The van der Waals surface area contributed by atoms with Crippen molar-refractivity contribution in [2.45, 2.75) is 37.0 Å². The smallest absolute Gasteiger partial charge is 0.264 e. The Morgan fingerprint density at radius 2 is 1.65 bits per heavy atom. The molecule has 0 unspecified atom stereocenters. The van der Waals surface area contributed by atoms with Crippen molar-refractivity contribution in [1.29, 1.82) is 0 Å². The largest absolute Gasteiger partial charge is 0.493 e. The van der Waals surface area contributed by atoms with E-state index in [2.05, 4.69) is 5.32 Å². The second-order valence-electron chi connectivity index (χ2n) is 7.75. The third-order valence-corrected chi connectivity index (χ3v) is 7.56. The van der Waals surface area contributed by atoms with Crippen molar-refractivity contribution in [2.75, 3.05) is 32.1 Å². The molecule has 0 atom stereocenters. The highest BCUT2D eigenvalue weighted by atomic mass is 32.2. The van der Waals surface area contributed by atoms with Crippen LogP contribution in [0.4, 0.5) is 5.69 Å². The van der Waals surface area contributed by atoms with E-state index < -0.39 is 10.0 Å². The van der Waals surface area contributed by atoms with Gasteiger partial charge < -0.3 is 14.8 Å². The Kier molecular flexibility index (Phi) is 7.43. The number of hydrogen-bond acceptors (Lipinski definition) is 5. The molecule has 0 aliphatic heterocycles. The average Bonchev–Trinajstić information content (AvgIpc) is 2.82. The number of ether oxygens (including phenoxy) is 2. The molecule has 0 radical (unpaired) electrons. The summed E-state index contributed by atoms with van der Waals surface area (Å²) in [6.45, 7) is 0.689. The molecule has 0 heterocycles. The lowest BCUT2D eigenvalue weighted by Crippen LogP contribution is -2.30. The second kappa shape index (κ2) is 10.0. The average molecular weight is 447 g/mol. The van der Waals surface area contributed by atoms with Crippen LogP contribution < -0.4 is 19.1 Å². The number of nitrogens with one attached hydrogen (secondary N) is 1. The Hall–Kier alpha value is -2.74. The lowest BCUT2D eigenvalue weighted by Gasteiger charge is -2.22. The summed E-state index contributed by atoms with van der Waals surface area (Å²) in [4.78, 5) is 12.5. The van der Waals surface area contributed by atoms with E-state index in [0.29, 0.717) is 35.2 Å². The van der Waals surface area contributed by atoms with E-state index in [9.17, 15) is 13.2 Å². The molecular weight excluding hydrogens is 416 g/mol. The van der Waals surface area contributed by atoms with Crippen molar-refractivity contribution >= 4 is 21.6 Å². The van der Waals surface area contributed by atoms with Gasteiger partial charge in [0, 0.05) is 25.2 Å². The molecule has 1 saturated carbocycles. The van der Waals surface area contributed by atoms with Gasteiger partial charge in [-0.2, -0.15) is 0 Å². The lowest BCUT2D eigenvalue weighted by molar-refractivity contribution is 0.0943. The lowest BCUT2D eigenvalue weighted by atomic mass is 9.89. The summed E-state index contributed by atoms with van der Waals surface area (Å²) in [6, 6.07) is 11.0. The molecule has 0 aromatic heterocycles. The molecule has 31 heavy (non-hydrogen) atoms. The summed E-state index contributed by atoms with van der Waals surface area (Å²) in [5.74, 6) is 1.20. The van der Waals surface area contributed by atoms with E-state index in [0.717, 1.165) is 12.8 Å². The van der Waals surface area contributed by atoms with E-state index in [4.69, 9.17) is 9.47 Å². The van der Waals surface area contributed by atoms with Crippen molar-refractivity contribution in [3.63, 3.8) is 0 Å². The van der Waals surface area contributed by atoms with E-state index in [-0.39, 0.29) is 10.8 Å². The molecule has 3 rings (SSSR count). The van der Waals surface area contributed by atoms with Gasteiger partial charge in [0.1, 0.15) is 0 Å². The predicted molar refractivity (Wildman–Crippen MR) is 120 cm³/mol. The summed E-state index contributed by atoms with van der Waals surface area (Å²) in [6.07, 6.45) is 6.08. The predicted octanol–water partition coefficient (Wildman–Crippen LogP) is 3.84. The maximum atomic E-state index is 13.0. The van der Waals surface area contributed by atoms with Gasteiger partial charge in [-0.3, -0.25) is 9.10 Å². The van der Waals surface area contributed by atoms with Gasteiger partial charge in [-0.25, -0.2) is 8.42 Å². The number of nitrogens with zero attached hydrogens (tertiary/aromatic N) is 1. The Balaban J connectivity index is 1.70. The van der Waals surface area contributed by atoms with E-state index >= 15 is 0 Å². The second-order valence-corrected chi connectivity index (χ2v) is 9.72. The van der Waals surface area contributed by atoms with E-state index in [1.165, 1.54) is 57.0 Å². The minimum absolute atomic E-state index is 0.0851. The highest BCUT2D eigenvalue weighted by Gasteiger charge is 2.23. The number of benzene rings is 2. The first-order chi connectivity index (χ1) is 14.9. The number of hydrogen-bond donors (Lipinski definition) is 1. The molecule has 1 amide bonds. The summed E-state index contributed by atoms with van der Waals surface area (Å²) in [5.41, 5.74) is 0.968. The van der Waals surface area contributed by atoms with Crippen molar-refractivity contribution in [3.05, 3.63) is 48.0 Å². The van der Waals surface area contributed by atoms with Crippen molar-refractivity contribution in [3.8, 4) is 11.5 Å². The SMILES string of the molecule is COc1ccc(S(=O)(=O)N(C)c2ccc(C(=O)NCC3CCCCC3)cc2)cc1OC. The zero-order valence-corrected chi connectivity index (χ0v) is 19.1. The normalized spacial score (nSPS) is 14.7. The van der Waals surface area contributed by atoms with Crippen LogP contribution in [0.25, 0.3) is 0 Å². The van der Waals surface area contributed by atoms with Crippen LogP contribution in [0.15, 0.2) is 47.4 Å². The highest BCUT2D eigenvalue weighted by Crippen LogP contribution is 2.31. The van der Waals surface area contributed by atoms with Gasteiger partial charge in [0.05, 0.1) is 24.8 Å². The summed E-state index contributed by atoms with van der Waals surface area (Å²) in [5, 5.41) is 3.00. The van der Waals surface area contributed by atoms with Crippen molar-refractivity contribution in [2.24, 2.45) is 5.92 Å². The standard InChI is InChI=1S/C23H30N2O5S/c1-25(31(27,28)20-13-14-21(29-2)22(15-20)30-3)19-11-9-18(10-12-19)23(26)24-16-17-7-5-4-6-8-17/h9-15,17H,4-8,16H2,1-3H3,(H,24,26). The van der Waals surface area contributed by atoms with Crippen LogP contribution in [0.2, 0.25) is 0 Å². The fraction of sp³-hybridized carbons (Fsp3) is 0.435. The Morgan fingerprint density at radius 3 is 2.26 bits per heavy atom. The molecule has 168 valence electrons. The molecule has 1 aliphatic rings. The van der Waals surface area contributed by atoms with Gasteiger partial charge in [-0.15, -0.1) is 0 Å². The Morgan fingerprint density at radius 1 is 1.00 bits per heavy atom. The summed E-state index contributed by atoms with van der Waals surface area (Å²) in [7, 11) is 0.612. The maximum Gasteiger partial charge on any atom is 0.264 e. The quantitative estimate of drug-likeness (QED) is 0.666. The zero-order valence-electron chi connectivity index (χ0n) is 18.3. The Labute approximate surface area is 184 Å². The molecule has 2 aromatic rings. The van der Waals surface area contributed by atoms with Crippen LogP contribution >= 0.6 is 0 Å². The van der Waals surface area contributed by atoms with E-state index in [1.54, 1.807) is 30.3 Å². The number of anilines is 1. The molecule has 1 aliphatic carbocycles. The molecule has 1 N–H and O–H groups in total. The fourth-order valence-corrected chi connectivity index (χ4v) is 5.04. The monoisotopic (exact) mass is 446 g/mol. The van der Waals surface area contributed by atoms with Gasteiger partial charge in [0.25, 0.3) is 15.9 Å². The summed E-state index contributed by atoms with van der Waals surface area (Å²) < 4.78 is 37.7. The minimum Gasteiger partial charge on any atom is -0.493 e. The third kappa shape index (κ3) is 5.31. The van der Waals surface area contributed by atoms with Crippen LogP contribution in [-0.2, 0) is 10.0 Å². The first-order valence-electron chi connectivity index (χ1n) is 10.5. The number of sulfonamides is 1. The van der Waals surface area contributed by atoms with Gasteiger partial charge in [0.15, 0.2) is 11.5 Å². The van der Waals surface area contributed by atoms with E-state index in [1.807, 2.05) is 0 Å². The number of amides is 1. The molecule has 8 heteroatoms. The van der Waals surface area contributed by atoms with Gasteiger partial charge in [-0.1, -0.05) is 19.3 Å². The fourth-order valence-electron chi connectivity index (χ4n) is 3.83. The Bertz CT molecular complexity index is 999. The molecule has 1 fully saturated rings. The van der Waals surface area contributed by atoms with Crippen LogP contribution in [0.5, 0.6) is 11.5 Å². The van der Waals surface area contributed by atoms with Crippen molar-refractivity contribution in [1.82, 2.24) is 5.32 Å². The van der Waals surface area contributed by atoms with Crippen LogP contribution in [0.3, 0.4) is 0 Å². The minimum atomic E-state index is -3.81. The molecule has 0 saturated heterocycles. The van der Waals surface area contributed by atoms with Crippen LogP contribution in [0.1, 0.15) is 42.5 Å².